The summed E-state index contributed by atoms with van der Waals surface area (Å²) in [6.45, 7) is 16.1. The van der Waals surface area contributed by atoms with E-state index in [-0.39, 0.29) is 11.1 Å². The third-order valence-electron chi connectivity index (χ3n) is 5.78. The Kier molecular flexibility index (Phi) is 9.98. The number of piperidine rings is 1. The molecule has 0 aromatic heterocycles. The van der Waals surface area contributed by atoms with Gasteiger partial charge in [0.1, 0.15) is 0 Å². The summed E-state index contributed by atoms with van der Waals surface area (Å²) in [4.78, 5) is 8.93. The molecule has 1 aliphatic rings. The largest absolute Gasteiger partial charge is 0.303 e. The van der Waals surface area contributed by atoms with Gasteiger partial charge in [-0.1, -0.05) is 52.4 Å². The molecule has 1 saturated heterocycles. The van der Waals surface area contributed by atoms with E-state index in [4.69, 9.17) is 4.84 Å². The van der Waals surface area contributed by atoms with Crippen LogP contribution in [0.1, 0.15) is 106 Å². The van der Waals surface area contributed by atoms with Gasteiger partial charge in [0.05, 0.1) is 6.61 Å². The Hall–Kier alpha value is -0.120. The van der Waals surface area contributed by atoms with Gasteiger partial charge < -0.3 is 4.90 Å². The molecule has 1 fully saturated rings. The summed E-state index contributed by atoms with van der Waals surface area (Å²) in [5.74, 6) is 0. The van der Waals surface area contributed by atoms with Crippen molar-refractivity contribution in [3.63, 3.8) is 0 Å². The second kappa shape index (κ2) is 10.9. The van der Waals surface area contributed by atoms with Crippen LogP contribution < -0.4 is 0 Å². The van der Waals surface area contributed by atoms with E-state index in [0.717, 1.165) is 6.61 Å². The van der Waals surface area contributed by atoms with Crippen molar-refractivity contribution >= 4 is 0 Å². The van der Waals surface area contributed by atoms with E-state index in [0.29, 0.717) is 6.04 Å². The second-order valence-corrected chi connectivity index (χ2v) is 9.42. The van der Waals surface area contributed by atoms with Crippen molar-refractivity contribution in [2.24, 2.45) is 0 Å². The average Bonchev–Trinajstić information content (AvgIpc) is 2.52. The first-order valence-corrected chi connectivity index (χ1v) is 10.9. The van der Waals surface area contributed by atoms with Gasteiger partial charge in [-0.3, -0.25) is 4.84 Å². The summed E-state index contributed by atoms with van der Waals surface area (Å²) in [6, 6.07) is 0.658. The van der Waals surface area contributed by atoms with E-state index in [1.165, 1.54) is 70.8 Å². The summed E-state index contributed by atoms with van der Waals surface area (Å²) in [5.41, 5.74) is 0.185. The third-order valence-corrected chi connectivity index (χ3v) is 5.78. The smallest absolute Gasteiger partial charge is 0.0685 e. The predicted octanol–water partition coefficient (Wildman–Crippen LogP) is 6.03. The number of hydrogen-bond acceptors (Lipinski definition) is 3. The Morgan fingerprint density at radius 1 is 0.840 bits per heavy atom. The summed E-state index contributed by atoms with van der Waals surface area (Å²) in [6.07, 6.45) is 12.9. The summed E-state index contributed by atoms with van der Waals surface area (Å²) >= 11 is 0. The molecule has 0 aliphatic carbocycles. The van der Waals surface area contributed by atoms with Crippen LogP contribution in [0.5, 0.6) is 0 Å². The minimum atomic E-state index is 0.0924. The van der Waals surface area contributed by atoms with E-state index < -0.39 is 0 Å². The summed E-state index contributed by atoms with van der Waals surface area (Å²) < 4.78 is 0. The Morgan fingerprint density at radius 2 is 1.36 bits per heavy atom. The lowest BCUT2D eigenvalue weighted by molar-refractivity contribution is -0.288. The number of hydrogen-bond donors (Lipinski definition) is 0. The molecule has 0 aromatic carbocycles. The van der Waals surface area contributed by atoms with Gasteiger partial charge in [-0.2, -0.15) is 5.06 Å². The molecule has 0 amide bonds. The molecule has 0 bridgehead atoms. The summed E-state index contributed by atoms with van der Waals surface area (Å²) in [7, 11) is 2.30. The van der Waals surface area contributed by atoms with Crippen molar-refractivity contribution in [3.05, 3.63) is 0 Å². The molecule has 0 radical (unpaired) electrons. The molecule has 1 aliphatic heterocycles. The molecule has 0 atom stereocenters. The van der Waals surface area contributed by atoms with Crippen LogP contribution in [0.15, 0.2) is 0 Å². The number of hydroxylamine groups is 2. The van der Waals surface area contributed by atoms with Gasteiger partial charge in [-0.25, -0.2) is 0 Å². The van der Waals surface area contributed by atoms with Crippen LogP contribution in [0.3, 0.4) is 0 Å². The van der Waals surface area contributed by atoms with Gasteiger partial charge >= 0.3 is 0 Å². The van der Waals surface area contributed by atoms with Gasteiger partial charge in [-0.05, 0) is 67.0 Å². The molecule has 1 rings (SSSR count). The quantitative estimate of drug-likeness (QED) is 0.398. The first-order chi connectivity index (χ1) is 11.7. The normalized spacial score (nSPS) is 21.1. The highest BCUT2D eigenvalue weighted by molar-refractivity contribution is 4.99. The maximum Gasteiger partial charge on any atom is 0.0685 e. The highest BCUT2D eigenvalue weighted by Gasteiger charge is 2.47. The zero-order valence-electron chi connectivity index (χ0n) is 18.4. The summed E-state index contributed by atoms with van der Waals surface area (Å²) in [5, 5.41) is 2.33. The van der Waals surface area contributed by atoms with Crippen molar-refractivity contribution in [2.45, 2.75) is 123 Å². The molecule has 0 spiro atoms. The lowest BCUT2D eigenvalue weighted by atomic mass is 9.78. The molecule has 25 heavy (non-hydrogen) atoms. The maximum absolute atomic E-state index is 6.34. The van der Waals surface area contributed by atoms with Crippen molar-refractivity contribution in [1.29, 1.82) is 0 Å². The van der Waals surface area contributed by atoms with E-state index in [1.807, 2.05) is 0 Å². The fraction of sp³-hybridized carbons (Fsp3) is 1.00. The van der Waals surface area contributed by atoms with Gasteiger partial charge in [0, 0.05) is 17.1 Å². The van der Waals surface area contributed by atoms with E-state index in [1.54, 1.807) is 0 Å². The SMILES string of the molecule is CCCCCCCCON1C(C)(C)CC(N(C)CCCC)CC1(C)C. The van der Waals surface area contributed by atoms with Crippen LogP contribution in [-0.2, 0) is 4.84 Å². The molecule has 0 unspecified atom stereocenters. The van der Waals surface area contributed by atoms with Crippen LogP contribution in [0, 0.1) is 0 Å². The molecule has 3 nitrogen and oxygen atoms in total. The molecule has 0 N–H and O–H groups in total. The van der Waals surface area contributed by atoms with E-state index in [9.17, 15) is 0 Å². The molecule has 0 saturated carbocycles. The van der Waals surface area contributed by atoms with Gasteiger partial charge in [0.2, 0.25) is 0 Å². The van der Waals surface area contributed by atoms with Crippen LogP contribution >= 0.6 is 0 Å². The topological polar surface area (TPSA) is 15.7 Å². The fourth-order valence-electron chi connectivity index (χ4n) is 4.50. The van der Waals surface area contributed by atoms with Crippen molar-refractivity contribution in [1.82, 2.24) is 9.96 Å². The van der Waals surface area contributed by atoms with Crippen molar-refractivity contribution in [2.75, 3.05) is 20.2 Å². The molecule has 1 heterocycles. The van der Waals surface area contributed by atoms with Crippen molar-refractivity contribution in [3.8, 4) is 0 Å². The third kappa shape index (κ3) is 7.56. The number of nitrogens with zero attached hydrogens (tertiary/aromatic N) is 2. The standard InChI is InChI=1S/C22H46N2O/c1-8-10-12-13-14-15-17-25-24-21(3,4)18-20(19-22(24,5)6)23(7)16-11-9-2/h20H,8-19H2,1-7H3. The first-order valence-electron chi connectivity index (χ1n) is 10.9. The lowest BCUT2D eigenvalue weighted by Crippen LogP contribution is -2.63. The molecular weight excluding hydrogens is 308 g/mol. The Morgan fingerprint density at radius 3 is 1.92 bits per heavy atom. The fourth-order valence-corrected chi connectivity index (χ4v) is 4.50. The van der Waals surface area contributed by atoms with Crippen LogP contribution in [0.2, 0.25) is 0 Å². The van der Waals surface area contributed by atoms with Crippen LogP contribution in [-0.4, -0.2) is 47.3 Å². The average molecular weight is 355 g/mol. The minimum absolute atomic E-state index is 0.0924. The highest BCUT2D eigenvalue weighted by Crippen LogP contribution is 2.40. The van der Waals surface area contributed by atoms with Crippen molar-refractivity contribution < 1.29 is 4.84 Å². The molecule has 0 aromatic rings. The first kappa shape index (κ1) is 22.9. The maximum atomic E-state index is 6.34. The Labute approximate surface area is 158 Å². The predicted molar refractivity (Wildman–Crippen MR) is 110 cm³/mol. The Balaban J connectivity index is 2.49. The van der Waals surface area contributed by atoms with Crippen LogP contribution in [0.25, 0.3) is 0 Å². The second-order valence-electron chi connectivity index (χ2n) is 9.42. The minimum Gasteiger partial charge on any atom is -0.303 e. The van der Waals surface area contributed by atoms with Crippen LogP contribution in [0.4, 0.5) is 0 Å². The molecule has 150 valence electrons. The van der Waals surface area contributed by atoms with E-state index in [2.05, 4.69) is 58.6 Å². The number of rotatable bonds is 12. The lowest BCUT2D eigenvalue weighted by Gasteiger charge is -2.55. The van der Waals surface area contributed by atoms with Gasteiger partial charge in [-0.15, -0.1) is 0 Å². The van der Waals surface area contributed by atoms with E-state index >= 15 is 0 Å². The van der Waals surface area contributed by atoms with Gasteiger partial charge in [0.25, 0.3) is 0 Å². The zero-order chi connectivity index (χ0) is 18.9. The molecule has 3 heteroatoms. The zero-order valence-corrected chi connectivity index (χ0v) is 18.4. The Bertz CT molecular complexity index is 336. The van der Waals surface area contributed by atoms with Gasteiger partial charge in [0.15, 0.2) is 0 Å². The highest BCUT2D eigenvalue weighted by atomic mass is 16.7. The molecular formula is C22H46N2O. The number of unbranched alkanes of at least 4 members (excludes halogenated alkanes) is 6. The monoisotopic (exact) mass is 354 g/mol.